The molecule has 1 aliphatic carbocycles. The molecule has 1 aliphatic rings. The predicted molar refractivity (Wildman–Crippen MR) is 59.7 cm³/mol. The van der Waals surface area contributed by atoms with Crippen LogP contribution in [0.5, 0.6) is 0 Å². The third kappa shape index (κ3) is 1.49. The molecular formula is C11H12N2O4. The van der Waals surface area contributed by atoms with Crippen molar-refractivity contribution >= 4 is 11.7 Å². The summed E-state index contributed by atoms with van der Waals surface area (Å²) in [6.07, 6.45) is 0.527. The number of nitro benzene ring substituents is 1. The van der Waals surface area contributed by atoms with E-state index in [-0.39, 0.29) is 12.1 Å². The zero-order chi connectivity index (χ0) is 12.8. The van der Waals surface area contributed by atoms with Crippen molar-refractivity contribution in [3.05, 3.63) is 38.9 Å². The molecule has 0 spiro atoms. The molecule has 90 valence electrons. The molecule has 1 aromatic carbocycles. The van der Waals surface area contributed by atoms with Crippen molar-refractivity contribution in [1.29, 1.82) is 0 Å². The van der Waals surface area contributed by atoms with Crippen LogP contribution in [0.3, 0.4) is 0 Å². The van der Waals surface area contributed by atoms with Crippen molar-refractivity contribution in [1.82, 2.24) is 0 Å². The fraction of sp³-hybridized carbons (Fsp3) is 0.364. The Hall–Kier alpha value is -1.95. The van der Waals surface area contributed by atoms with Crippen molar-refractivity contribution in [3.63, 3.8) is 0 Å². The highest BCUT2D eigenvalue weighted by Gasteiger charge is 2.45. The topological polar surface area (TPSA) is 106 Å². The number of nitrogens with zero attached hydrogens (tertiary/aromatic N) is 1. The van der Waals surface area contributed by atoms with E-state index in [9.17, 15) is 20.0 Å². The minimum atomic E-state index is -1.49. The quantitative estimate of drug-likeness (QED) is 0.590. The van der Waals surface area contributed by atoms with E-state index in [0.29, 0.717) is 23.1 Å². The van der Waals surface area contributed by atoms with Crippen LogP contribution >= 0.6 is 0 Å². The second kappa shape index (κ2) is 3.53. The summed E-state index contributed by atoms with van der Waals surface area (Å²) in [6, 6.07) is 2.95. The molecule has 0 amide bonds. The SMILES string of the molecule is Cc1ccc([N+](=O)[O-])c2c1C(N)(C(=O)O)CC2. The lowest BCUT2D eigenvalue weighted by molar-refractivity contribution is -0.385. The van der Waals surface area contributed by atoms with Crippen molar-refractivity contribution in [2.75, 3.05) is 0 Å². The second-order valence-corrected chi connectivity index (χ2v) is 4.29. The molecule has 6 heteroatoms. The molecule has 0 heterocycles. The molecule has 3 N–H and O–H groups in total. The van der Waals surface area contributed by atoms with Crippen LogP contribution in [0.2, 0.25) is 0 Å². The van der Waals surface area contributed by atoms with Gasteiger partial charge in [0, 0.05) is 11.6 Å². The van der Waals surface area contributed by atoms with Gasteiger partial charge in [-0.15, -0.1) is 0 Å². The number of nitro groups is 1. The van der Waals surface area contributed by atoms with Crippen LogP contribution < -0.4 is 5.73 Å². The fourth-order valence-electron chi connectivity index (χ4n) is 2.46. The van der Waals surface area contributed by atoms with Crippen LogP contribution in [0.25, 0.3) is 0 Å². The lowest BCUT2D eigenvalue weighted by atomic mass is 9.89. The number of nitrogens with two attached hydrogens (primary N) is 1. The van der Waals surface area contributed by atoms with Gasteiger partial charge in [-0.1, -0.05) is 6.07 Å². The smallest absolute Gasteiger partial charge is 0.328 e. The largest absolute Gasteiger partial charge is 0.480 e. The van der Waals surface area contributed by atoms with E-state index in [2.05, 4.69) is 0 Å². The molecule has 0 aliphatic heterocycles. The molecule has 2 rings (SSSR count). The van der Waals surface area contributed by atoms with Crippen LogP contribution in [-0.2, 0) is 16.8 Å². The van der Waals surface area contributed by atoms with Crippen molar-refractivity contribution in [3.8, 4) is 0 Å². The van der Waals surface area contributed by atoms with Crippen molar-refractivity contribution in [2.24, 2.45) is 5.73 Å². The number of carbonyl (C=O) groups is 1. The Labute approximate surface area is 97.2 Å². The van der Waals surface area contributed by atoms with Crippen LogP contribution in [0.15, 0.2) is 12.1 Å². The first-order chi connectivity index (χ1) is 7.88. The molecule has 0 aromatic heterocycles. The highest BCUT2D eigenvalue weighted by Crippen LogP contribution is 2.41. The van der Waals surface area contributed by atoms with Gasteiger partial charge in [0.15, 0.2) is 0 Å². The first kappa shape index (κ1) is 11.5. The number of hydrogen-bond acceptors (Lipinski definition) is 4. The number of hydrogen-bond donors (Lipinski definition) is 2. The van der Waals surface area contributed by atoms with Crippen LogP contribution in [-0.4, -0.2) is 16.0 Å². The molecule has 0 radical (unpaired) electrons. The van der Waals surface area contributed by atoms with Gasteiger partial charge in [-0.05, 0) is 30.9 Å². The number of benzene rings is 1. The summed E-state index contributed by atoms with van der Waals surface area (Å²) in [5.41, 5.74) is 5.87. The first-order valence-corrected chi connectivity index (χ1v) is 5.17. The summed E-state index contributed by atoms with van der Waals surface area (Å²) in [5.74, 6) is -1.14. The van der Waals surface area contributed by atoms with Gasteiger partial charge in [-0.25, -0.2) is 4.79 Å². The zero-order valence-corrected chi connectivity index (χ0v) is 9.27. The molecule has 1 atom stereocenters. The minimum absolute atomic E-state index is 0.0424. The number of rotatable bonds is 2. The lowest BCUT2D eigenvalue weighted by Crippen LogP contribution is -2.43. The van der Waals surface area contributed by atoms with E-state index >= 15 is 0 Å². The van der Waals surface area contributed by atoms with E-state index in [0.717, 1.165) is 0 Å². The van der Waals surface area contributed by atoms with Gasteiger partial charge in [-0.3, -0.25) is 10.1 Å². The maximum atomic E-state index is 11.2. The average molecular weight is 236 g/mol. The number of carboxylic acid groups (broad SMARTS) is 1. The summed E-state index contributed by atoms with van der Waals surface area (Å²) >= 11 is 0. The Balaban J connectivity index is 2.72. The molecule has 6 nitrogen and oxygen atoms in total. The average Bonchev–Trinajstić information content (AvgIpc) is 2.59. The van der Waals surface area contributed by atoms with Gasteiger partial charge in [0.05, 0.1) is 4.92 Å². The molecule has 0 saturated heterocycles. The number of fused-ring (bicyclic) bond motifs is 1. The summed E-state index contributed by atoms with van der Waals surface area (Å²) < 4.78 is 0. The monoisotopic (exact) mass is 236 g/mol. The normalized spacial score (nSPS) is 22.2. The van der Waals surface area contributed by atoms with Crippen LogP contribution in [0.4, 0.5) is 5.69 Å². The Morgan fingerprint density at radius 3 is 2.76 bits per heavy atom. The highest BCUT2D eigenvalue weighted by atomic mass is 16.6. The maximum absolute atomic E-state index is 11.2. The van der Waals surface area contributed by atoms with Gasteiger partial charge < -0.3 is 10.8 Å². The lowest BCUT2D eigenvalue weighted by Gasteiger charge is -2.21. The fourth-order valence-corrected chi connectivity index (χ4v) is 2.46. The number of carboxylic acids is 1. The van der Waals surface area contributed by atoms with Gasteiger partial charge in [0.2, 0.25) is 0 Å². The van der Waals surface area contributed by atoms with Gasteiger partial charge in [0.1, 0.15) is 5.54 Å². The standard InChI is InChI=1S/C11H12N2O4/c1-6-2-3-8(13(16)17)7-4-5-11(12,9(6)7)10(14)15/h2-3H,4-5,12H2,1H3,(H,14,15). The number of aliphatic carboxylic acids is 1. The third-order valence-electron chi connectivity index (χ3n) is 3.29. The highest BCUT2D eigenvalue weighted by molar-refractivity contribution is 5.84. The van der Waals surface area contributed by atoms with E-state index < -0.39 is 16.4 Å². The van der Waals surface area contributed by atoms with Crippen LogP contribution in [0, 0.1) is 17.0 Å². The Morgan fingerprint density at radius 2 is 2.24 bits per heavy atom. The molecular weight excluding hydrogens is 224 g/mol. The van der Waals surface area contributed by atoms with Crippen molar-refractivity contribution < 1.29 is 14.8 Å². The van der Waals surface area contributed by atoms with E-state index in [1.165, 1.54) is 6.07 Å². The molecule has 0 saturated carbocycles. The van der Waals surface area contributed by atoms with Gasteiger partial charge in [0.25, 0.3) is 5.69 Å². The van der Waals surface area contributed by atoms with Gasteiger partial charge >= 0.3 is 5.97 Å². The summed E-state index contributed by atoms with van der Waals surface area (Å²) in [4.78, 5) is 21.6. The van der Waals surface area contributed by atoms with E-state index in [4.69, 9.17) is 5.73 Å². The molecule has 1 aromatic rings. The summed E-state index contributed by atoms with van der Waals surface area (Å²) in [5, 5.41) is 20.0. The minimum Gasteiger partial charge on any atom is -0.480 e. The van der Waals surface area contributed by atoms with Gasteiger partial charge in [-0.2, -0.15) is 0 Å². The molecule has 17 heavy (non-hydrogen) atoms. The third-order valence-corrected chi connectivity index (χ3v) is 3.29. The predicted octanol–water partition coefficient (Wildman–Crippen LogP) is 1.09. The van der Waals surface area contributed by atoms with E-state index in [1.807, 2.05) is 0 Å². The number of aryl methyl sites for hydroxylation is 1. The Bertz CT molecular complexity index is 526. The van der Waals surface area contributed by atoms with Crippen LogP contribution in [0.1, 0.15) is 23.1 Å². The molecule has 0 bridgehead atoms. The molecule has 0 fully saturated rings. The second-order valence-electron chi connectivity index (χ2n) is 4.29. The summed E-state index contributed by atoms with van der Waals surface area (Å²) in [6.45, 7) is 1.72. The van der Waals surface area contributed by atoms with E-state index in [1.54, 1.807) is 13.0 Å². The first-order valence-electron chi connectivity index (χ1n) is 5.17. The summed E-state index contributed by atoms with van der Waals surface area (Å²) in [7, 11) is 0. The zero-order valence-electron chi connectivity index (χ0n) is 9.27. The molecule has 1 unspecified atom stereocenters. The Morgan fingerprint density at radius 1 is 1.59 bits per heavy atom. The maximum Gasteiger partial charge on any atom is 0.328 e. The Kier molecular flexibility index (Phi) is 2.39. The van der Waals surface area contributed by atoms with Crippen molar-refractivity contribution in [2.45, 2.75) is 25.3 Å².